The number of amides is 1. The van der Waals surface area contributed by atoms with E-state index in [9.17, 15) is 9.59 Å². The first kappa shape index (κ1) is 14.3. The number of unbranched alkanes of at least 4 members (excludes halogenated alkanes) is 1. The molecule has 3 atom stereocenters. The highest BCUT2D eigenvalue weighted by Gasteiger charge is 2.38. The summed E-state index contributed by atoms with van der Waals surface area (Å²) in [5.74, 6) is -0.379. The van der Waals surface area contributed by atoms with Crippen LogP contribution in [0.1, 0.15) is 39.0 Å². The number of rotatable bonds is 6. The normalized spacial score (nSPS) is 30.4. The summed E-state index contributed by atoms with van der Waals surface area (Å²) in [4.78, 5) is 23.3. The minimum Gasteiger partial charge on any atom is -0.433 e. The number of ether oxygens (including phenoxy) is 2. The third-order valence-electron chi connectivity index (χ3n) is 3.45. The SMILES string of the molecule is CCCCO[C@@H]1OC(=O)C[C@@H]1NC(=O)[C@@H]1CCCN1. The van der Waals surface area contributed by atoms with Gasteiger partial charge in [-0.25, -0.2) is 0 Å². The van der Waals surface area contributed by atoms with Crippen LogP contribution in [0, 0.1) is 0 Å². The Kier molecular flexibility index (Phi) is 5.15. The second-order valence-corrected chi connectivity index (χ2v) is 5.05. The van der Waals surface area contributed by atoms with E-state index in [4.69, 9.17) is 9.47 Å². The summed E-state index contributed by atoms with van der Waals surface area (Å²) in [6.45, 7) is 3.48. The molecule has 6 heteroatoms. The zero-order chi connectivity index (χ0) is 13.7. The van der Waals surface area contributed by atoms with Gasteiger partial charge in [0.05, 0.1) is 19.1 Å². The fourth-order valence-electron chi connectivity index (χ4n) is 2.34. The van der Waals surface area contributed by atoms with E-state index in [0.717, 1.165) is 32.2 Å². The number of cyclic esters (lactones) is 1. The molecule has 0 aromatic heterocycles. The van der Waals surface area contributed by atoms with Crippen molar-refractivity contribution in [2.75, 3.05) is 13.2 Å². The lowest BCUT2D eigenvalue weighted by Crippen LogP contribution is -2.48. The highest BCUT2D eigenvalue weighted by atomic mass is 16.7. The first-order chi connectivity index (χ1) is 9.20. The van der Waals surface area contributed by atoms with E-state index >= 15 is 0 Å². The van der Waals surface area contributed by atoms with Crippen molar-refractivity contribution in [2.24, 2.45) is 0 Å². The maximum atomic E-state index is 12.0. The Morgan fingerprint density at radius 1 is 1.58 bits per heavy atom. The second-order valence-electron chi connectivity index (χ2n) is 5.05. The van der Waals surface area contributed by atoms with Crippen molar-refractivity contribution in [3.63, 3.8) is 0 Å². The molecule has 19 heavy (non-hydrogen) atoms. The predicted molar refractivity (Wildman–Crippen MR) is 68.3 cm³/mol. The summed E-state index contributed by atoms with van der Waals surface area (Å²) in [5.41, 5.74) is 0. The summed E-state index contributed by atoms with van der Waals surface area (Å²) in [6, 6.07) is -0.508. The molecule has 0 radical (unpaired) electrons. The van der Waals surface area contributed by atoms with Crippen molar-refractivity contribution in [3.8, 4) is 0 Å². The Morgan fingerprint density at radius 2 is 2.42 bits per heavy atom. The Balaban J connectivity index is 1.82. The van der Waals surface area contributed by atoms with Gasteiger partial charge in [0.25, 0.3) is 0 Å². The van der Waals surface area contributed by atoms with Gasteiger partial charge in [0.15, 0.2) is 0 Å². The molecule has 0 aromatic rings. The van der Waals surface area contributed by atoms with E-state index in [0.29, 0.717) is 6.61 Å². The van der Waals surface area contributed by atoms with Gasteiger partial charge < -0.3 is 20.1 Å². The molecule has 2 aliphatic heterocycles. The fraction of sp³-hybridized carbons (Fsp3) is 0.846. The third-order valence-corrected chi connectivity index (χ3v) is 3.45. The van der Waals surface area contributed by atoms with Gasteiger partial charge in [-0.1, -0.05) is 13.3 Å². The van der Waals surface area contributed by atoms with Crippen LogP contribution < -0.4 is 10.6 Å². The van der Waals surface area contributed by atoms with Crippen molar-refractivity contribution in [3.05, 3.63) is 0 Å². The Bertz CT molecular complexity index is 329. The van der Waals surface area contributed by atoms with Crippen LogP contribution in [0.15, 0.2) is 0 Å². The molecular formula is C13H22N2O4. The van der Waals surface area contributed by atoms with E-state index in [-0.39, 0.29) is 30.4 Å². The van der Waals surface area contributed by atoms with Crippen molar-refractivity contribution in [1.29, 1.82) is 0 Å². The first-order valence-electron chi connectivity index (χ1n) is 7.05. The lowest BCUT2D eigenvalue weighted by Gasteiger charge is -2.20. The number of carbonyl (C=O) groups excluding carboxylic acids is 2. The van der Waals surface area contributed by atoms with E-state index in [1.54, 1.807) is 0 Å². The molecule has 2 saturated heterocycles. The van der Waals surface area contributed by atoms with Crippen molar-refractivity contribution in [1.82, 2.24) is 10.6 Å². The lowest BCUT2D eigenvalue weighted by molar-refractivity contribution is -0.165. The summed E-state index contributed by atoms with van der Waals surface area (Å²) in [7, 11) is 0. The quantitative estimate of drug-likeness (QED) is 0.537. The molecule has 2 fully saturated rings. The maximum Gasteiger partial charge on any atom is 0.310 e. The number of nitrogens with one attached hydrogen (secondary N) is 2. The summed E-state index contributed by atoms with van der Waals surface area (Å²) in [5, 5.41) is 5.99. The van der Waals surface area contributed by atoms with Crippen LogP contribution in [0.2, 0.25) is 0 Å². The van der Waals surface area contributed by atoms with Crippen LogP contribution in [-0.2, 0) is 19.1 Å². The van der Waals surface area contributed by atoms with E-state index < -0.39 is 6.29 Å². The van der Waals surface area contributed by atoms with Gasteiger partial charge in [-0.05, 0) is 25.8 Å². The highest BCUT2D eigenvalue weighted by Crippen LogP contribution is 2.17. The Hall–Kier alpha value is -1.14. The first-order valence-corrected chi connectivity index (χ1v) is 7.05. The molecule has 0 spiro atoms. The van der Waals surface area contributed by atoms with Gasteiger partial charge in [0, 0.05) is 0 Å². The lowest BCUT2D eigenvalue weighted by atomic mass is 10.1. The largest absolute Gasteiger partial charge is 0.433 e. The van der Waals surface area contributed by atoms with Gasteiger partial charge in [-0.3, -0.25) is 9.59 Å². The van der Waals surface area contributed by atoms with Crippen LogP contribution in [0.25, 0.3) is 0 Å². The smallest absolute Gasteiger partial charge is 0.310 e. The minimum atomic E-state index is -0.635. The average Bonchev–Trinajstić information content (AvgIpc) is 3.00. The van der Waals surface area contributed by atoms with Crippen molar-refractivity contribution >= 4 is 11.9 Å². The van der Waals surface area contributed by atoms with Gasteiger partial charge in [0.1, 0.15) is 6.04 Å². The summed E-state index contributed by atoms with van der Waals surface area (Å²) in [6.07, 6.45) is 3.34. The number of hydrogen-bond donors (Lipinski definition) is 2. The van der Waals surface area contributed by atoms with Gasteiger partial charge in [-0.15, -0.1) is 0 Å². The maximum absolute atomic E-state index is 12.0. The van der Waals surface area contributed by atoms with Crippen molar-refractivity contribution < 1.29 is 19.1 Å². The molecule has 2 rings (SSSR count). The van der Waals surface area contributed by atoms with Crippen LogP contribution in [0.3, 0.4) is 0 Å². The fourth-order valence-corrected chi connectivity index (χ4v) is 2.34. The molecule has 2 N–H and O–H groups in total. The van der Waals surface area contributed by atoms with Gasteiger partial charge >= 0.3 is 5.97 Å². The van der Waals surface area contributed by atoms with Crippen LogP contribution in [0.4, 0.5) is 0 Å². The molecule has 1 amide bonds. The molecule has 0 unspecified atom stereocenters. The van der Waals surface area contributed by atoms with Gasteiger partial charge in [0.2, 0.25) is 12.2 Å². The zero-order valence-corrected chi connectivity index (χ0v) is 11.3. The summed E-state index contributed by atoms with van der Waals surface area (Å²) >= 11 is 0. The molecule has 0 aliphatic carbocycles. The highest BCUT2D eigenvalue weighted by molar-refractivity contribution is 5.83. The second kappa shape index (κ2) is 6.86. The third kappa shape index (κ3) is 3.91. The van der Waals surface area contributed by atoms with Crippen LogP contribution >= 0.6 is 0 Å². The van der Waals surface area contributed by atoms with E-state index in [2.05, 4.69) is 17.6 Å². The Morgan fingerprint density at radius 3 is 3.11 bits per heavy atom. The summed E-state index contributed by atoms with van der Waals surface area (Å²) < 4.78 is 10.6. The molecule has 0 saturated carbocycles. The molecule has 2 aliphatic rings. The minimum absolute atomic E-state index is 0.0649. The number of esters is 1. The standard InChI is InChI=1S/C13H22N2O4/c1-2-3-7-18-13-10(8-11(16)19-13)15-12(17)9-5-4-6-14-9/h9-10,13-14H,2-8H2,1H3,(H,15,17)/t9-,10-,13+/m0/s1. The van der Waals surface area contributed by atoms with Crippen LogP contribution in [-0.4, -0.2) is 43.4 Å². The van der Waals surface area contributed by atoms with Crippen molar-refractivity contribution in [2.45, 2.75) is 57.4 Å². The topological polar surface area (TPSA) is 76.7 Å². The van der Waals surface area contributed by atoms with E-state index in [1.807, 2.05) is 0 Å². The number of hydrogen-bond acceptors (Lipinski definition) is 5. The van der Waals surface area contributed by atoms with Crippen LogP contribution in [0.5, 0.6) is 0 Å². The molecule has 0 bridgehead atoms. The molecule has 0 aromatic carbocycles. The van der Waals surface area contributed by atoms with Gasteiger partial charge in [-0.2, -0.15) is 0 Å². The predicted octanol–water partition coefficient (Wildman–Crippen LogP) is 0.313. The molecule has 2 heterocycles. The monoisotopic (exact) mass is 270 g/mol. The number of carbonyl (C=O) groups is 2. The van der Waals surface area contributed by atoms with E-state index in [1.165, 1.54) is 0 Å². The zero-order valence-electron chi connectivity index (χ0n) is 11.3. The molecular weight excluding hydrogens is 248 g/mol. The molecule has 108 valence electrons. The Labute approximate surface area is 113 Å². The average molecular weight is 270 g/mol. The molecule has 6 nitrogen and oxygen atoms in total.